The number of rotatable bonds is 17. The van der Waals surface area contributed by atoms with Crippen LogP contribution in [0.15, 0.2) is 0 Å². The minimum atomic E-state index is -0.533. The van der Waals surface area contributed by atoms with Gasteiger partial charge in [0, 0.05) is 12.8 Å². The number of hydrogen-bond donors (Lipinski definition) is 1. The van der Waals surface area contributed by atoms with Crippen LogP contribution in [0.25, 0.3) is 0 Å². The molecule has 0 saturated carbocycles. The summed E-state index contributed by atoms with van der Waals surface area (Å²) in [5, 5.41) is 9.16. The molecule has 0 heterocycles. The van der Waals surface area contributed by atoms with Crippen LogP contribution < -0.4 is 0 Å². The standard InChI is InChI=1S/C20H38O4/c1-3-4-5-6-7-8-9-10-11-12-13-14-20(23)24-19(17-21)16-15-18(2)22/h19,21H,3-17H2,1-2H3/t19-/m0/s1. The van der Waals surface area contributed by atoms with E-state index < -0.39 is 6.10 Å². The number of carbonyl (C=O) groups excluding carboxylic acids is 2. The molecule has 0 aromatic rings. The second-order valence-corrected chi connectivity index (χ2v) is 6.82. The van der Waals surface area contributed by atoms with E-state index in [0.29, 0.717) is 19.3 Å². The number of hydrogen-bond acceptors (Lipinski definition) is 4. The number of ketones is 1. The van der Waals surface area contributed by atoms with Crippen molar-refractivity contribution < 1.29 is 19.4 Å². The van der Waals surface area contributed by atoms with Gasteiger partial charge in [-0.2, -0.15) is 0 Å². The molecular formula is C20H38O4. The largest absolute Gasteiger partial charge is 0.460 e. The molecule has 0 bridgehead atoms. The number of aliphatic hydroxyl groups excluding tert-OH is 1. The normalized spacial score (nSPS) is 12.1. The summed E-state index contributed by atoms with van der Waals surface area (Å²) in [7, 11) is 0. The molecule has 0 radical (unpaired) electrons. The zero-order valence-corrected chi connectivity index (χ0v) is 15.9. The van der Waals surface area contributed by atoms with Gasteiger partial charge < -0.3 is 14.6 Å². The SMILES string of the molecule is CCCCCCCCCCCCCC(=O)O[C@H](CO)CCC(C)=O. The first kappa shape index (κ1) is 23.1. The highest BCUT2D eigenvalue weighted by Gasteiger charge is 2.13. The Labute approximate surface area is 148 Å². The monoisotopic (exact) mass is 342 g/mol. The predicted octanol–water partition coefficient (Wildman–Crippen LogP) is 4.96. The molecule has 142 valence electrons. The first-order valence-corrected chi connectivity index (χ1v) is 9.90. The van der Waals surface area contributed by atoms with Gasteiger partial charge in [0.15, 0.2) is 0 Å². The fourth-order valence-corrected chi connectivity index (χ4v) is 2.73. The summed E-state index contributed by atoms with van der Waals surface area (Å²) in [6.45, 7) is 3.53. The number of esters is 1. The highest BCUT2D eigenvalue weighted by atomic mass is 16.5. The summed E-state index contributed by atoms with van der Waals surface area (Å²) >= 11 is 0. The molecular weight excluding hydrogens is 304 g/mol. The van der Waals surface area contributed by atoms with Gasteiger partial charge in [-0.05, 0) is 19.8 Å². The molecule has 0 fully saturated rings. The molecule has 1 atom stereocenters. The van der Waals surface area contributed by atoms with E-state index in [1.54, 1.807) is 0 Å². The van der Waals surface area contributed by atoms with E-state index in [1.165, 1.54) is 64.7 Å². The molecule has 0 aromatic carbocycles. The lowest BCUT2D eigenvalue weighted by Crippen LogP contribution is -2.22. The number of aliphatic hydroxyl groups is 1. The molecule has 0 amide bonds. The van der Waals surface area contributed by atoms with Crippen LogP contribution in [0.1, 0.15) is 104 Å². The summed E-state index contributed by atoms with van der Waals surface area (Å²) in [6, 6.07) is 0. The van der Waals surface area contributed by atoms with E-state index in [1.807, 2.05) is 0 Å². The van der Waals surface area contributed by atoms with Crippen LogP contribution in [0.4, 0.5) is 0 Å². The van der Waals surface area contributed by atoms with Gasteiger partial charge in [-0.1, -0.05) is 71.1 Å². The molecule has 0 aromatic heterocycles. The van der Waals surface area contributed by atoms with Crippen LogP contribution in [0.2, 0.25) is 0 Å². The summed E-state index contributed by atoms with van der Waals surface area (Å²) in [6.07, 6.45) is 14.4. The first-order valence-electron chi connectivity index (χ1n) is 9.90. The third-order valence-corrected chi connectivity index (χ3v) is 4.30. The van der Waals surface area contributed by atoms with E-state index >= 15 is 0 Å². The molecule has 0 saturated heterocycles. The lowest BCUT2D eigenvalue weighted by Gasteiger charge is -2.14. The Hall–Kier alpha value is -0.900. The van der Waals surface area contributed by atoms with Crippen molar-refractivity contribution in [1.29, 1.82) is 0 Å². The molecule has 1 N–H and O–H groups in total. The van der Waals surface area contributed by atoms with Gasteiger partial charge in [0.05, 0.1) is 6.61 Å². The minimum Gasteiger partial charge on any atom is -0.460 e. The summed E-state index contributed by atoms with van der Waals surface area (Å²) in [5.74, 6) is -0.205. The summed E-state index contributed by atoms with van der Waals surface area (Å²) in [4.78, 5) is 22.6. The van der Waals surface area contributed by atoms with Crippen LogP contribution >= 0.6 is 0 Å². The molecule has 4 nitrogen and oxygen atoms in total. The topological polar surface area (TPSA) is 63.6 Å². The fourth-order valence-electron chi connectivity index (χ4n) is 2.73. The third kappa shape index (κ3) is 16.0. The first-order chi connectivity index (χ1) is 11.6. The summed E-state index contributed by atoms with van der Waals surface area (Å²) in [5.41, 5.74) is 0. The van der Waals surface area contributed by atoms with Crippen molar-refractivity contribution in [2.75, 3.05) is 6.61 Å². The maximum absolute atomic E-state index is 11.7. The zero-order valence-electron chi connectivity index (χ0n) is 15.9. The van der Waals surface area contributed by atoms with E-state index in [0.717, 1.165) is 12.8 Å². The lowest BCUT2D eigenvalue weighted by molar-refractivity contribution is -0.152. The number of ether oxygens (including phenoxy) is 1. The van der Waals surface area contributed by atoms with E-state index in [2.05, 4.69) is 6.92 Å². The van der Waals surface area contributed by atoms with Gasteiger partial charge in [-0.15, -0.1) is 0 Å². The highest BCUT2D eigenvalue weighted by molar-refractivity contribution is 5.75. The van der Waals surface area contributed by atoms with Crippen LogP contribution in [0.5, 0.6) is 0 Å². The number of carbonyl (C=O) groups is 2. The molecule has 0 aliphatic rings. The van der Waals surface area contributed by atoms with E-state index in [4.69, 9.17) is 9.84 Å². The van der Waals surface area contributed by atoms with Crippen LogP contribution in [-0.4, -0.2) is 29.6 Å². The van der Waals surface area contributed by atoms with Crippen molar-refractivity contribution >= 4 is 11.8 Å². The van der Waals surface area contributed by atoms with Gasteiger partial charge in [-0.25, -0.2) is 0 Å². The Bertz CT molecular complexity index is 315. The second-order valence-electron chi connectivity index (χ2n) is 6.82. The predicted molar refractivity (Wildman–Crippen MR) is 98.0 cm³/mol. The maximum atomic E-state index is 11.7. The van der Waals surface area contributed by atoms with Crippen molar-refractivity contribution in [2.24, 2.45) is 0 Å². The quantitative estimate of drug-likeness (QED) is 0.300. The van der Waals surface area contributed by atoms with Gasteiger partial charge >= 0.3 is 5.97 Å². The van der Waals surface area contributed by atoms with Gasteiger partial charge in [0.25, 0.3) is 0 Å². The zero-order chi connectivity index (χ0) is 18.0. The van der Waals surface area contributed by atoms with E-state index in [9.17, 15) is 9.59 Å². The Morgan fingerprint density at radius 2 is 1.33 bits per heavy atom. The number of unbranched alkanes of at least 4 members (excludes halogenated alkanes) is 10. The van der Waals surface area contributed by atoms with Gasteiger partial charge in [0.2, 0.25) is 0 Å². The highest BCUT2D eigenvalue weighted by Crippen LogP contribution is 2.12. The average Bonchev–Trinajstić information content (AvgIpc) is 2.56. The molecule has 0 aliphatic heterocycles. The van der Waals surface area contributed by atoms with Crippen LogP contribution in [0.3, 0.4) is 0 Å². The van der Waals surface area contributed by atoms with Crippen LogP contribution in [-0.2, 0) is 14.3 Å². The minimum absolute atomic E-state index is 0.0508. The Kier molecular flexibility index (Phi) is 16.3. The summed E-state index contributed by atoms with van der Waals surface area (Å²) < 4.78 is 5.20. The number of Topliss-reactive ketones (excluding diaryl/α,β-unsaturated/α-hetero) is 1. The van der Waals surface area contributed by atoms with Crippen LogP contribution in [0, 0.1) is 0 Å². The Morgan fingerprint density at radius 1 is 0.833 bits per heavy atom. The van der Waals surface area contributed by atoms with Gasteiger partial charge in [0.1, 0.15) is 11.9 Å². The molecule has 0 rings (SSSR count). The van der Waals surface area contributed by atoms with Crippen molar-refractivity contribution in [1.82, 2.24) is 0 Å². The molecule has 24 heavy (non-hydrogen) atoms. The average molecular weight is 343 g/mol. The van der Waals surface area contributed by atoms with Crippen molar-refractivity contribution in [3.8, 4) is 0 Å². The molecule has 0 aliphatic carbocycles. The van der Waals surface area contributed by atoms with Crippen molar-refractivity contribution in [3.63, 3.8) is 0 Å². The molecule has 0 spiro atoms. The van der Waals surface area contributed by atoms with Gasteiger partial charge in [-0.3, -0.25) is 4.79 Å². The maximum Gasteiger partial charge on any atom is 0.306 e. The molecule has 0 unspecified atom stereocenters. The van der Waals surface area contributed by atoms with E-state index in [-0.39, 0.29) is 18.4 Å². The molecule has 4 heteroatoms. The third-order valence-electron chi connectivity index (χ3n) is 4.30. The second kappa shape index (κ2) is 16.9. The fraction of sp³-hybridized carbons (Fsp3) is 0.900. The Morgan fingerprint density at radius 3 is 1.79 bits per heavy atom. The van der Waals surface area contributed by atoms with Crippen molar-refractivity contribution in [3.05, 3.63) is 0 Å². The smallest absolute Gasteiger partial charge is 0.306 e. The lowest BCUT2D eigenvalue weighted by atomic mass is 10.1. The van der Waals surface area contributed by atoms with Crippen molar-refractivity contribution in [2.45, 2.75) is 110 Å². The Balaban J connectivity index is 3.43.